The lowest BCUT2D eigenvalue weighted by atomic mass is 10.1. The summed E-state index contributed by atoms with van der Waals surface area (Å²) in [7, 11) is 1.32. The highest BCUT2D eigenvalue weighted by Crippen LogP contribution is 2.27. The Morgan fingerprint density at radius 3 is 3.08 bits per heavy atom. The van der Waals surface area contributed by atoms with Gasteiger partial charge in [-0.1, -0.05) is 12.2 Å². The number of carbonyl (C=O) groups excluding carboxylic acids is 1. The fourth-order valence-electron chi connectivity index (χ4n) is 1.54. The smallest absolute Gasteiger partial charge is 0.425 e. The second-order valence-corrected chi connectivity index (χ2v) is 3.05. The zero-order chi connectivity index (χ0) is 9.26. The normalized spacial score (nSPS) is 28.5. The number of carbonyl (C=O) groups is 1. The molecule has 1 heterocycles. The third-order valence-electron chi connectivity index (χ3n) is 2.20. The van der Waals surface area contributed by atoms with E-state index in [2.05, 4.69) is 32.7 Å². The fraction of sp³-hybridized carbons (Fsp3) is 0.500. The Morgan fingerprint density at radius 2 is 2.54 bits per heavy atom. The number of hydrogen-bond acceptors (Lipinski definition) is 4. The molecule has 70 valence electrons. The van der Waals surface area contributed by atoms with Gasteiger partial charge in [0.25, 0.3) is 0 Å². The minimum Gasteiger partial charge on any atom is -0.452 e. The molecule has 2 N–H and O–H groups in total. The molecule has 5 nitrogen and oxygen atoms in total. The van der Waals surface area contributed by atoms with E-state index in [4.69, 9.17) is 0 Å². The molecule has 0 aromatic rings. The summed E-state index contributed by atoms with van der Waals surface area (Å²) in [6.07, 6.45) is 4.69. The van der Waals surface area contributed by atoms with Crippen LogP contribution in [0.1, 0.15) is 6.42 Å². The number of dihydropyridines is 1. The number of amides is 1. The van der Waals surface area contributed by atoms with Gasteiger partial charge in [0.15, 0.2) is 0 Å². The summed E-state index contributed by atoms with van der Waals surface area (Å²) >= 11 is 0. The maximum atomic E-state index is 10.7. The summed E-state index contributed by atoms with van der Waals surface area (Å²) in [4.78, 5) is 15.0. The maximum Gasteiger partial charge on any atom is 0.425 e. The summed E-state index contributed by atoms with van der Waals surface area (Å²) in [6, 6.07) is 0.298. The Hall–Kier alpha value is -1.52. The van der Waals surface area contributed by atoms with Crippen LogP contribution in [0.25, 0.3) is 0 Å². The van der Waals surface area contributed by atoms with Crippen molar-refractivity contribution in [3.05, 3.63) is 12.2 Å². The summed E-state index contributed by atoms with van der Waals surface area (Å²) in [5.41, 5.74) is 5.12. The quantitative estimate of drug-likeness (QED) is 0.414. The van der Waals surface area contributed by atoms with Crippen molar-refractivity contribution in [2.24, 2.45) is 10.9 Å². The molecule has 0 saturated carbocycles. The molecule has 0 aromatic heterocycles. The monoisotopic (exact) mass is 181 g/mol. The first kappa shape index (κ1) is 8.10. The molecule has 1 amide bonds. The van der Waals surface area contributed by atoms with Gasteiger partial charge >= 0.3 is 6.09 Å². The summed E-state index contributed by atoms with van der Waals surface area (Å²) < 4.78 is 4.40. The lowest BCUT2D eigenvalue weighted by molar-refractivity contribution is 0.168. The number of nitrogens with zero attached hydrogens (tertiary/aromatic N) is 1. The minimum absolute atomic E-state index is 0.298. The van der Waals surface area contributed by atoms with Gasteiger partial charge in [-0.2, -0.15) is 0 Å². The molecule has 1 aliphatic heterocycles. The fourth-order valence-corrected chi connectivity index (χ4v) is 1.54. The molecular weight excluding hydrogens is 170 g/mol. The first-order chi connectivity index (χ1) is 6.29. The second kappa shape index (κ2) is 3.08. The van der Waals surface area contributed by atoms with Gasteiger partial charge in [-0.25, -0.2) is 10.2 Å². The second-order valence-electron chi connectivity index (χ2n) is 3.05. The summed E-state index contributed by atoms with van der Waals surface area (Å²) in [5.74, 6) is 1.15. The van der Waals surface area contributed by atoms with Gasteiger partial charge in [0.05, 0.1) is 13.2 Å². The van der Waals surface area contributed by atoms with E-state index in [1.165, 1.54) is 7.11 Å². The van der Waals surface area contributed by atoms with Crippen LogP contribution >= 0.6 is 0 Å². The Morgan fingerprint density at radius 1 is 1.69 bits per heavy atom. The van der Waals surface area contributed by atoms with Crippen LogP contribution in [0.15, 0.2) is 17.1 Å². The van der Waals surface area contributed by atoms with Crippen LogP contribution in [0.2, 0.25) is 0 Å². The topological polar surface area (TPSA) is 62.7 Å². The van der Waals surface area contributed by atoms with E-state index in [0.717, 1.165) is 12.3 Å². The summed E-state index contributed by atoms with van der Waals surface area (Å²) in [6.45, 7) is 0. The van der Waals surface area contributed by atoms with Crippen molar-refractivity contribution < 1.29 is 9.53 Å². The van der Waals surface area contributed by atoms with Crippen LogP contribution < -0.4 is 10.9 Å². The summed E-state index contributed by atoms with van der Waals surface area (Å²) in [5, 5.41) is 0. The van der Waals surface area contributed by atoms with Crippen molar-refractivity contribution in [2.75, 3.05) is 7.11 Å². The third-order valence-corrected chi connectivity index (χ3v) is 2.20. The van der Waals surface area contributed by atoms with E-state index in [9.17, 15) is 4.79 Å². The zero-order valence-electron chi connectivity index (χ0n) is 7.28. The average molecular weight is 181 g/mol. The molecule has 0 spiro atoms. The van der Waals surface area contributed by atoms with E-state index >= 15 is 0 Å². The van der Waals surface area contributed by atoms with Crippen LogP contribution in [0, 0.1) is 5.92 Å². The third kappa shape index (κ3) is 1.49. The molecule has 0 saturated heterocycles. The van der Waals surface area contributed by atoms with Crippen LogP contribution in [0.5, 0.6) is 0 Å². The van der Waals surface area contributed by atoms with E-state index in [0.29, 0.717) is 12.0 Å². The van der Waals surface area contributed by atoms with E-state index in [-0.39, 0.29) is 0 Å². The van der Waals surface area contributed by atoms with E-state index in [1.807, 2.05) is 0 Å². The first-order valence-electron chi connectivity index (χ1n) is 4.15. The van der Waals surface area contributed by atoms with E-state index in [1.54, 1.807) is 0 Å². The van der Waals surface area contributed by atoms with Crippen molar-refractivity contribution in [1.29, 1.82) is 0 Å². The van der Waals surface area contributed by atoms with Crippen molar-refractivity contribution in [1.82, 2.24) is 10.9 Å². The Kier molecular flexibility index (Phi) is 1.92. The molecule has 0 radical (unpaired) electrons. The SMILES string of the molecule is COC(=O)NNC1=NC2C=CC1C2. The highest BCUT2D eigenvalue weighted by Gasteiger charge is 2.29. The number of ether oxygens (including phenoxy) is 1. The lowest BCUT2D eigenvalue weighted by Gasteiger charge is -2.11. The Labute approximate surface area is 75.8 Å². The molecule has 2 rings (SSSR count). The number of methoxy groups -OCH3 is 1. The highest BCUT2D eigenvalue weighted by molar-refractivity contribution is 5.90. The number of nitrogens with one attached hydrogen (secondary N) is 2. The van der Waals surface area contributed by atoms with Crippen molar-refractivity contribution in [2.45, 2.75) is 12.5 Å². The van der Waals surface area contributed by atoms with Crippen LogP contribution in [-0.4, -0.2) is 25.1 Å². The van der Waals surface area contributed by atoms with E-state index < -0.39 is 6.09 Å². The molecule has 2 aliphatic rings. The van der Waals surface area contributed by atoms with Crippen molar-refractivity contribution in [3.63, 3.8) is 0 Å². The predicted octanol–water partition coefficient (Wildman–Crippen LogP) is 0.204. The molecular formula is C8H11N3O2. The van der Waals surface area contributed by atoms with Crippen LogP contribution in [0.4, 0.5) is 4.79 Å². The zero-order valence-corrected chi connectivity index (χ0v) is 7.28. The molecule has 2 unspecified atom stereocenters. The van der Waals surface area contributed by atoms with Crippen molar-refractivity contribution >= 4 is 11.9 Å². The number of fused-ring (bicyclic) bond motifs is 2. The predicted molar refractivity (Wildman–Crippen MR) is 47.1 cm³/mol. The first-order valence-corrected chi connectivity index (χ1v) is 4.15. The molecule has 13 heavy (non-hydrogen) atoms. The standard InChI is InChI=1S/C8H11N3O2/c1-13-8(12)11-10-7-5-2-3-6(4-5)9-7/h2-3,5-6H,4H2,1H3,(H,9,10)(H,11,12). The molecule has 2 bridgehead atoms. The van der Waals surface area contributed by atoms with Crippen LogP contribution in [-0.2, 0) is 4.74 Å². The molecule has 0 aromatic carbocycles. The van der Waals surface area contributed by atoms with Gasteiger partial charge in [0.2, 0.25) is 0 Å². The average Bonchev–Trinajstić information content (AvgIpc) is 2.74. The minimum atomic E-state index is -0.505. The number of hydrogen-bond donors (Lipinski definition) is 2. The molecule has 2 atom stereocenters. The van der Waals surface area contributed by atoms with Gasteiger partial charge in [-0.15, -0.1) is 0 Å². The molecule has 5 heteroatoms. The molecule has 1 aliphatic carbocycles. The highest BCUT2D eigenvalue weighted by atomic mass is 16.5. The van der Waals surface area contributed by atoms with Gasteiger partial charge in [0.1, 0.15) is 5.84 Å². The Balaban J connectivity index is 1.84. The lowest BCUT2D eigenvalue weighted by Crippen LogP contribution is -2.43. The van der Waals surface area contributed by atoms with Gasteiger partial charge in [0, 0.05) is 5.92 Å². The van der Waals surface area contributed by atoms with Crippen molar-refractivity contribution in [3.8, 4) is 0 Å². The van der Waals surface area contributed by atoms with Crippen LogP contribution in [0.3, 0.4) is 0 Å². The number of amidine groups is 1. The Bertz CT molecular complexity index is 285. The number of rotatable bonds is 0. The maximum absolute atomic E-state index is 10.7. The van der Waals surface area contributed by atoms with Gasteiger partial charge < -0.3 is 4.74 Å². The van der Waals surface area contributed by atoms with Gasteiger partial charge in [-0.05, 0) is 6.42 Å². The number of aliphatic imine (C=N–C) groups is 1. The molecule has 0 fully saturated rings. The number of hydrazine groups is 1. The van der Waals surface area contributed by atoms with Gasteiger partial charge in [-0.3, -0.25) is 10.4 Å². The largest absolute Gasteiger partial charge is 0.452 e.